The van der Waals surface area contributed by atoms with Gasteiger partial charge >= 0.3 is 5.97 Å². The number of thiazole rings is 1. The number of aromatic nitrogens is 2. The Hall–Kier alpha value is -3.45. The average molecular weight is 405 g/mol. The normalized spacial score (nSPS) is 12.0. The molecule has 7 heteroatoms. The van der Waals surface area contributed by atoms with Crippen LogP contribution in [0.5, 0.6) is 0 Å². The van der Waals surface area contributed by atoms with Crippen molar-refractivity contribution in [1.82, 2.24) is 15.3 Å². The number of hydrogen-bond acceptors (Lipinski definition) is 4. The molecule has 0 spiro atoms. The number of rotatable bonds is 7. The van der Waals surface area contributed by atoms with Gasteiger partial charge in [-0.25, -0.2) is 9.78 Å². The molecule has 0 radical (unpaired) electrons. The fourth-order valence-corrected chi connectivity index (χ4v) is 4.06. The van der Waals surface area contributed by atoms with Crippen LogP contribution >= 0.6 is 11.3 Å². The Morgan fingerprint density at radius 1 is 1.10 bits per heavy atom. The molecule has 0 bridgehead atoms. The molecule has 0 aliphatic carbocycles. The molecule has 3 N–H and O–H groups in total. The van der Waals surface area contributed by atoms with Gasteiger partial charge in [-0.3, -0.25) is 4.79 Å². The average Bonchev–Trinajstić information content (AvgIpc) is 3.35. The van der Waals surface area contributed by atoms with Gasteiger partial charge in [0.05, 0.1) is 12.1 Å². The van der Waals surface area contributed by atoms with E-state index < -0.39 is 12.0 Å². The van der Waals surface area contributed by atoms with Crippen LogP contribution in [0.4, 0.5) is 0 Å². The lowest BCUT2D eigenvalue weighted by molar-refractivity contribution is -0.141. The quantitative estimate of drug-likeness (QED) is 0.437. The van der Waals surface area contributed by atoms with Crippen molar-refractivity contribution in [3.8, 4) is 10.6 Å². The van der Waals surface area contributed by atoms with Crippen molar-refractivity contribution in [3.05, 3.63) is 77.4 Å². The molecule has 1 amide bonds. The molecule has 4 aromatic rings. The first-order valence-corrected chi connectivity index (χ1v) is 10.0. The lowest BCUT2D eigenvalue weighted by Crippen LogP contribution is -2.43. The second kappa shape index (κ2) is 8.28. The molecule has 29 heavy (non-hydrogen) atoms. The van der Waals surface area contributed by atoms with Crippen LogP contribution in [0.2, 0.25) is 0 Å². The number of fused-ring (bicyclic) bond motifs is 1. The first-order valence-electron chi connectivity index (χ1n) is 9.17. The number of aromatic amines is 1. The monoisotopic (exact) mass is 405 g/mol. The van der Waals surface area contributed by atoms with E-state index >= 15 is 0 Å². The van der Waals surface area contributed by atoms with Crippen LogP contribution in [0.15, 0.2) is 66.2 Å². The number of H-pyrrole nitrogens is 1. The number of amides is 1. The van der Waals surface area contributed by atoms with Gasteiger partial charge in [0.2, 0.25) is 5.91 Å². The number of nitrogens with one attached hydrogen (secondary N) is 2. The Balaban J connectivity index is 1.43. The highest BCUT2D eigenvalue weighted by molar-refractivity contribution is 7.13. The maximum atomic E-state index is 12.4. The van der Waals surface area contributed by atoms with Crippen molar-refractivity contribution in [2.75, 3.05) is 0 Å². The third-order valence-corrected chi connectivity index (χ3v) is 5.59. The molecule has 0 aliphatic rings. The zero-order chi connectivity index (χ0) is 20.2. The summed E-state index contributed by atoms with van der Waals surface area (Å²) in [5, 5.41) is 15.8. The van der Waals surface area contributed by atoms with Crippen LogP contribution in [-0.2, 0) is 22.4 Å². The summed E-state index contributed by atoms with van der Waals surface area (Å²) in [6, 6.07) is 16.4. The zero-order valence-corrected chi connectivity index (χ0v) is 16.3. The number of carboxylic acids is 1. The van der Waals surface area contributed by atoms with Gasteiger partial charge in [-0.05, 0) is 11.6 Å². The fourth-order valence-electron chi connectivity index (χ4n) is 3.23. The number of carboxylic acid groups (broad SMARTS) is 1. The summed E-state index contributed by atoms with van der Waals surface area (Å²) in [5.74, 6) is -1.42. The smallest absolute Gasteiger partial charge is 0.326 e. The van der Waals surface area contributed by atoms with E-state index in [-0.39, 0.29) is 18.7 Å². The van der Waals surface area contributed by atoms with E-state index in [1.165, 1.54) is 11.3 Å². The van der Waals surface area contributed by atoms with Crippen molar-refractivity contribution in [3.63, 3.8) is 0 Å². The van der Waals surface area contributed by atoms with Crippen molar-refractivity contribution in [2.45, 2.75) is 18.9 Å². The lowest BCUT2D eigenvalue weighted by atomic mass is 10.0. The van der Waals surface area contributed by atoms with Gasteiger partial charge in [-0.2, -0.15) is 0 Å². The number of carbonyl (C=O) groups is 2. The van der Waals surface area contributed by atoms with Crippen molar-refractivity contribution >= 4 is 34.1 Å². The van der Waals surface area contributed by atoms with Crippen LogP contribution < -0.4 is 5.32 Å². The van der Waals surface area contributed by atoms with E-state index in [9.17, 15) is 14.7 Å². The summed E-state index contributed by atoms with van der Waals surface area (Å²) in [6.45, 7) is 0. The van der Waals surface area contributed by atoms with Gasteiger partial charge in [-0.1, -0.05) is 48.5 Å². The second-order valence-electron chi connectivity index (χ2n) is 6.71. The van der Waals surface area contributed by atoms with Crippen LogP contribution in [0, 0.1) is 0 Å². The minimum atomic E-state index is -1.06. The molecule has 6 nitrogen and oxygen atoms in total. The number of carbonyl (C=O) groups excluding carboxylic acids is 1. The van der Waals surface area contributed by atoms with E-state index in [0.29, 0.717) is 5.69 Å². The van der Waals surface area contributed by atoms with E-state index in [2.05, 4.69) is 15.3 Å². The highest BCUT2D eigenvalue weighted by Crippen LogP contribution is 2.23. The van der Waals surface area contributed by atoms with E-state index in [4.69, 9.17) is 0 Å². The zero-order valence-electron chi connectivity index (χ0n) is 15.5. The number of benzene rings is 2. The molecule has 0 aliphatic heterocycles. The topological polar surface area (TPSA) is 95.1 Å². The van der Waals surface area contributed by atoms with Crippen molar-refractivity contribution in [1.29, 1.82) is 0 Å². The third-order valence-electron chi connectivity index (χ3n) is 4.65. The Labute approximate surface area is 171 Å². The summed E-state index contributed by atoms with van der Waals surface area (Å²) in [4.78, 5) is 31.8. The van der Waals surface area contributed by atoms with E-state index in [0.717, 1.165) is 27.0 Å². The molecule has 2 heterocycles. The third kappa shape index (κ3) is 4.35. The van der Waals surface area contributed by atoms with Gasteiger partial charge in [0.1, 0.15) is 11.0 Å². The Kier molecular flexibility index (Phi) is 5.39. The Bertz CT molecular complexity index is 1150. The largest absolute Gasteiger partial charge is 0.480 e. The predicted octanol–water partition coefficient (Wildman–Crippen LogP) is 3.65. The minimum Gasteiger partial charge on any atom is -0.480 e. The highest BCUT2D eigenvalue weighted by atomic mass is 32.1. The maximum Gasteiger partial charge on any atom is 0.326 e. The standard InChI is InChI=1S/C22H19N3O3S/c26-20(11-16-13-29-21(24-16)14-6-2-1-3-7-14)25-19(22(27)28)10-15-12-23-18-9-5-4-8-17(15)18/h1-9,12-13,19,23H,10-11H2,(H,25,26)(H,27,28)/t19-/m0/s1. The Morgan fingerprint density at radius 2 is 1.86 bits per heavy atom. The molecular formula is C22H19N3O3S. The van der Waals surface area contributed by atoms with Crippen molar-refractivity contribution in [2.24, 2.45) is 0 Å². The summed E-state index contributed by atoms with van der Waals surface area (Å²) in [6.07, 6.45) is 2.04. The second-order valence-corrected chi connectivity index (χ2v) is 7.57. The summed E-state index contributed by atoms with van der Waals surface area (Å²) < 4.78 is 0. The number of para-hydroxylation sites is 1. The van der Waals surface area contributed by atoms with Crippen LogP contribution in [0.25, 0.3) is 21.5 Å². The maximum absolute atomic E-state index is 12.4. The SMILES string of the molecule is O=C(Cc1csc(-c2ccccc2)n1)N[C@@H](Cc1c[nH]c2ccccc12)C(=O)O. The molecule has 2 aromatic carbocycles. The van der Waals surface area contributed by atoms with Gasteiger partial charge in [0.25, 0.3) is 0 Å². The molecule has 0 fully saturated rings. The van der Waals surface area contributed by atoms with Gasteiger partial charge < -0.3 is 15.4 Å². The van der Waals surface area contributed by atoms with E-state index in [1.807, 2.05) is 60.0 Å². The van der Waals surface area contributed by atoms with Crippen LogP contribution in [0.1, 0.15) is 11.3 Å². The molecule has 1 atom stereocenters. The van der Waals surface area contributed by atoms with Crippen LogP contribution in [0.3, 0.4) is 0 Å². The molecule has 0 saturated heterocycles. The number of nitrogens with zero attached hydrogens (tertiary/aromatic N) is 1. The van der Waals surface area contributed by atoms with Crippen molar-refractivity contribution < 1.29 is 14.7 Å². The predicted molar refractivity (Wildman–Crippen MR) is 113 cm³/mol. The molecule has 0 saturated carbocycles. The Morgan fingerprint density at radius 3 is 2.66 bits per heavy atom. The fraction of sp³-hybridized carbons (Fsp3) is 0.136. The highest BCUT2D eigenvalue weighted by Gasteiger charge is 2.22. The molecule has 4 rings (SSSR count). The number of hydrogen-bond donors (Lipinski definition) is 3. The first kappa shape index (κ1) is 18.9. The summed E-state index contributed by atoms with van der Waals surface area (Å²) >= 11 is 1.46. The molecule has 0 unspecified atom stereocenters. The summed E-state index contributed by atoms with van der Waals surface area (Å²) in [7, 11) is 0. The summed E-state index contributed by atoms with van der Waals surface area (Å²) in [5.41, 5.74) is 3.41. The van der Waals surface area contributed by atoms with Gasteiger partial charge in [-0.15, -0.1) is 11.3 Å². The molecule has 146 valence electrons. The van der Waals surface area contributed by atoms with E-state index in [1.54, 1.807) is 6.20 Å². The van der Waals surface area contributed by atoms with Gasteiger partial charge in [0.15, 0.2) is 0 Å². The molecular weight excluding hydrogens is 386 g/mol. The molecule has 2 aromatic heterocycles. The lowest BCUT2D eigenvalue weighted by Gasteiger charge is -2.14. The van der Waals surface area contributed by atoms with Gasteiger partial charge in [0, 0.05) is 34.5 Å². The number of aliphatic carboxylic acids is 1. The first-order chi connectivity index (χ1) is 14.1. The van der Waals surface area contributed by atoms with Crippen LogP contribution in [-0.4, -0.2) is 33.0 Å². The minimum absolute atomic E-state index is 0.0427.